The Morgan fingerprint density at radius 2 is 2.00 bits per heavy atom. The minimum Gasteiger partial charge on any atom is -0.352 e. The van der Waals surface area contributed by atoms with E-state index >= 15 is 0 Å². The summed E-state index contributed by atoms with van der Waals surface area (Å²) in [4.78, 5) is 26.8. The molecule has 4 heteroatoms. The molecule has 1 aliphatic carbocycles. The van der Waals surface area contributed by atoms with Crippen LogP contribution in [0, 0.1) is 0 Å². The van der Waals surface area contributed by atoms with Crippen LogP contribution in [0.15, 0.2) is 59.4 Å². The Hall–Kier alpha value is -2.46. The van der Waals surface area contributed by atoms with Crippen molar-refractivity contribution in [2.45, 2.75) is 25.6 Å². The zero-order valence-corrected chi connectivity index (χ0v) is 12.3. The van der Waals surface area contributed by atoms with Crippen LogP contribution < -0.4 is 5.56 Å². The predicted molar refractivity (Wildman–Crippen MR) is 83.5 cm³/mol. The lowest BCUT2D eigenvalue weighted by Crippen LogP contribution is -2.40. The number of hydrogen-bond acceptors (Lipinski definition) is 3. The van der Waals surface area contributed by atoms with Gasteiger partial charge in [-0.25, -0.2) is 0 Å². The molecule has 0 spiro atoms. The van der Waals surface area contributed by atoms with Gasteiger partial charge in [0, 0.05) is 6.07 Å². The number of carbonyl (C=O) groups is 1. The molecule has 2 aromatic rings. The fraction of sp³-hybridized carbons (Fsp3) is 0.222. The van der Waals surface area contributed by atoms with Gasteiger partial charge in [0.15, 0.2) is 11.4 Å². The van der Waals surface area contributed by atoms with E-state index in [1.807, 2.05) is 36.4 Å². The molecule has 22 heavy (non-hydrogen) atoms. The fourth-order valence-electron chi connectivity index (χ4n) is 2.73. The minimum absolute atomic E-state index is 0.150. The molecule has 0 fully saturated rings. The van der Waals surface area contributed by atoms with Crippen molar-refractivity contribution in [3.63, 3.8) is 0 Å². The van der Waals surface area contributed by atoms with Crippen LogP contribution >= 0.6 is 0 Å². The highest BCUT2D eigenvalue weighted by atomic mass is 16.5. The number of allylic oxidation sites excluding steroid dienone is 1. The van der Waals surface area contributed by atoms with Gasteiger partial charge in [0.1, 0.15) is 0 Å². The van der Waals surface area contributed by atoms with Crippen LogP contribution in [0.25, 0.3) is 0 Å². The van der Waals surface area contributed by atoms with Crippen LogP contribution in [0.3, 0.4) is 0 Å². The molecule has 1 unspecified atom stereocenters. The summed E-state index contributed by atoms with van der Waals surface area (Å²) >= 11 is 0. The van der Waals surface area contributed by atoms with Crippen LogP contribution in [-0.4, -0.2) is 10.8 Å². The highest BCUT2D eigenvalue weighted by Gasteiger charge is 2.40. The largest absolute Gasteiger partial charge is 0.352 e. The number of benzene rings is 1. The molecule has 0 radical (unpaired) electrons. The Morgan fingerprint density at radius 1 is 1.23 bits per heavy atom. The van der Waals surface area contributed by atoms with E-state index in [1.54, 1.807) is 12.1 Å². The first kappa shape index (κ1) is 14.5. The highest BCUT2D eigenvalue weighted by Crippen LogP contribution is 2.34. The molecule has 0 amide bonds. The molecule has 1 aliphatic rings. The van der Waals surface area contributed by atoms with Gasteiger partial charge in [-0.3, -0.25) is 9.59 Å². The van der Waals surface area contributed by atoms with Crippen molar-refractivity contribution in [1.82, 2.24) is 4.98 Å². The molecule has 0 saturated carbocycles. The van der Waals surface area contributed by atoms with Crippen LogP contribution in [0.4, 0.5) is 0 Å². The van der Waals surface area contributed by atoms with Crippen molar-refractivity contribution in [2.24, 2.45) is 0 Å². The molecule has 0 saturated heterocycles. The van der Waals surface area contributed by atoms with E-state index in [0.29, 0.717) is 18.7 Å². The molecule has 0 aliphatic heterocycles. The van der Waals surface area contributed by atoms with Crippen molar-refractivity contribution in [3.05, 3.63) is 81.8 Å². The second-order valence-corrected chi connectivity index (χ2v) is 5.40. The molecular formula is C18H17NO3. The second-order valence-electron chi connectivity index (χ2n) is 5.40. The van der Waals surface area contributed by atoms with Gasteiger partial charge in [0.2, 0.25) is 5.56 Å². The van der Waals surface area contributed by atoms with Gasteiger partial charge < -0.3 is 9.72 Å². The van der Waals surface area contributed by atoms with Crippen molar-refractivity contribution >= 4 is 5.78 Å². The Kier molecular flexibility index (Phi) is 3.77. The van der Waals surface area contributed by atoms with E-state index in [1.165, 1.54) is 13.0 Å². The minimum atomic E-state index is -1.22. The maximum Gasteiger partial charge on any atom is 0.248 e. The second kappa shape index (κ2) is 5.73. The number of aromatic nitrogens is 1. The molecule has 112 valence electrons. The summed E-state index contributed by atoms with van der Waals surface area (Å²) in [5.74, 6) is -0.150. The first-order chi connectivity index (χ1) is 10.6. The molecule has 1 N–H and O–H groups in total. The summed E-state index contributed by atoms with van der Waals surface area (Å²) in [7, 11) is 0. The average molecular weight is 295 g/mol. The maximum absolute atomic E-state index is 12.3. The van der Waals surface area contributed by atoms with E-state index in [9.17, 15) is 9.59 Å². The third-order valence-corrected chi connectivity index (χ3v) is 3.90. The predicted octanol–water partition coefficient (Wildman–Crippen LogP) is 2.49. The zero-order valence-electron chi connectivity index (χ0n) is 12.3. The number of fused-ring (bicyclic) bond motifs is 1. The maximum atomic E-state index is 12.3. The third-order valence-electron chi connectivity index (χ3n) is 3.90. The van der Waals surface area contributed by atoms with Gasteiger partial charge in [-0.05, 0) is 30.5 Å². The van der Waals surface area contributed by atoms with Crippen LogP contribution in [0.2, 0.25) is 0 Å². The summed E-state index contributed by atoms with van der Waals surface area (Å²) in [6.07, 6.45) is 4.33. The molecular weight excluding hydrogens is 278 g/mol. The van der Waals surface area contributed by atoms with Gasteiger partial charge in [-0.1, -0.05) is 42.5 Å². The Labute approximate surface area is 128 Å². The van der Waals surface area contributed by atoms with Gasteiger partial charge in [0.05, 0.1) is 12.3 Å². The highest BCUT2D eigenvalue weighted by molar-refractivity contribution is 5.89. The summed E-state index contributed by atoms with van der Waals surface area (Å²) in [5, 5.41) is 0. The lowest BCUT2D eigenvalue weighted by atomic mass is 9.85. The Balaban J connectivity index is 2.01. The SMILES string of the molecule is CC(=O)C1(OCc2ccccc2)C=CCc2ccc(=O)[nH]c21. The Morgan fingerprint density at radius 3 is 2.73 bits per heavy atom. The molecule has 0 bridgehead atoms. The smallest absolute Gasteiger partial charge is 0.248 e. The average Bonchev–Trinajstić information content (AvgIpc) is 2.53. The third kappa shape index (κ3) is 2.53. The molecule has 1 aromatic heterocycles. The van der Waals surface area contributed by atoms with Gasteiger partial charge in [-0.2, -0.15) is 0 Å². The van der Waals surface area contributed by atoms with E-state index in [2.05, 4.69) is 4.98 Å². The number of ketones is 1. The first-order valence-corrected chi connectivity index (χ1v) is 7.21. The molecule has 4 nitrogen and oxygen atoms in total. The first-order valence-electron chi connectivity index (χ1n) is 7.21. The normalized spacial score (nSPS) is 19.7. The summed E-state index contributed by atoms with van der Waals surface area (Å²) in [6, 6.07) is 12.9. The number of hydrogen-bond donors (Lipinski definition) is 1. The van der Waals surface area contributed by atoms with E-state index in [4.69, 9.17) is 4.74 Å². The lowest BCUT2D eigenvalue weighted by Gasteiger charge is -2.32. The topological polar surface area (TPSA) is 59.2 Å². The number of nitrogens with one attached hydrogen (secondary N) is 1. The number of Topliss-reactive ketones (excluding diaryl/α,β-unsaturated/α-hetero) is 1. The Bertz CT molecular complexity index is 776. The number of aromatic amines is 1. The number of rotatable bonds is 4. The number of ether oxygens (including phenoxy) is 1. The van der Waals surface area contributed by atoms with E-state index in [-0.39, 0.29) is 11.3 Å². The van der Waals surface area contributed by atoms with Crippen molar-refractivity contribution in [3.8, 4) is 0 Å². The molecule has 3 rings (SSSR count). The number of H-pyrrole nitrogens is 1. The van der Waals surface area contributed by atoms with Crippen molar-refractivity contribution < 1.29 is 9.53 Å². The van der Waals surface area contributed by atoms with Gasteiger partial charge in [0.25, 0.3) is 0 Å². The van der Waals surface area contributed by atoms with Crippen LogP contribution in [-0.2, 0) is 28.2 Å². The summed E-state index contributed by atoms with van der Waals surface area (Å²) < 4.78 is 5.99. The molecule has 1 atom stereocenters. The van der Waals surface area contributed by atoms with Crippen molar-refractivity contribution in [2.75, 3.05) is 0 Å². The van der Waals surface area contributed by atoms with Crippen LogP contribution in [0.1, 0.15) is 23.7 Å². The fourth-order valence-corrected chi connectivity index (χ4v) is 2.73. The quantitative estimate of drug-likeness (QED) is 0.882. The summed E-state index contributed by atoms with van der Waals surface area (Å²) in [6.45, 7) is 1.77. The van der Waals surface area contributed by atoms with Crippen LogP contribution in [0.5, 0.6) is 0 Å². The lowest BCUT2D eigenvalue weighted by molar-refractivity contribution is -0.139. The monoisotopic (exact) mass is 295 g/mol. The van der Waals surface area contributed by atoms with E-state index < -0.39 is 5.60 Å². The summed E-state index contributed by atoms with van der Waals surface area (Å²) in [5.41, 5.74) is 0.977. The van der Waals surface area contributed by atoms with Crippen molar-refractivity contribution in [1.29, 1.82) is 0 Å². The van der Waals surface area contributed by atoms with Gasteiger partial charge in [-0.15, -0.1) is 0 Å². The zero-order chi connectivity index (χ0) is 15.6. The van der Waals surface area contributed by atoms with Gasteiger partial charge >= 0.3 is 0 Å². The standard InChI is InChI=1S/C18H17NO3/c1-13(20)18(22-12-14-6-3-2-4-7-14)11-5-8-15-9-10-16(21)19-17(15)18/h2-7,9-11H,8,12H2,1H3,(H,19,21). The molecule has 1 aromatic carbocycles. The van der Waals surface area contributed by atoms with E-state index in [0.717, 1.165) is 11.1 Å². The number of pyridine rings is 1. The number of carbonyl (C=O) groups excluding carboxylic acids is 1. The molecule has 1 heterocycles.